The monoisotopic (exact) mass is 870 g/mol. The predicted molar refractivity (Wildman–Crippen MR) is 288 cm³/mol. The van der Waals surface area contributed by atoms with Gasteiger partial charge >= 0.3 is 0 Å². The molecule has 0 aliphatic carbocycles. The third-order valence-corrected chi connectivity index (χ3v) is 14.6. The standard InChI is InChI=1S/C64H42N2S/c1-2-13-47-41-51(27-26-43(47)12-1)49-15-9-14-48(40-49)44-28-34-52(35-29-44)65(54-38-32-46(33-39-54)56-21-11-22-60-59-20-5-8-25-63(59)67-64(56)60)53-36-30-45(31-37-53)50-16-10-17-55(42-50)66-61-23-6-3-18-57(61)58-19-4-7-24-62(58)66/h1-42H. The summed E-state index contributed by atoms with van der Waals surface area (Å²) in [6, 6.07) is 93.1. The number of aromatic nitrogens is 1. The highest BCUT2D eigenvalue weighted by molar-refractivity contribution is 7.26. The van der Waals surface area contributed by atoms with E-state index in [1.807, 2.05) is 11.3 Å². The van der Waals surface area contributed by atoms with E-state index in [9.17, 15) is 0 Å². The molecule has 13 aromatic rings. The van der Waals surface area contributed by atoms with Crippen LogP contribution in [-0.4, -0.2) is 4.57 Å². The Morgan fingerprint density at radius 2 is 0.776 bits per heavy atom. The van der Waals surface area contributed by atoms with Gasteiger partial charge in [-0.15, -0.1) is 11.3 Å². The highest BCUT2D eigenvalue weighted by Crippen LogP contribution is 2.43. The minimum atomic E-state index is 1.09. The molecule has 0 fully saturated rings. The first-order chi connectivity index (χ1) is 33.2. The topological polar surface area (TPSA) is 8.17 Å². The first kappa shape index (κ1) is 38.9. The predicted octanol–water partition coefficient (Wildman–Crippen LogP) is 18.4. The van der Waals surface area contributed by atoms with Crippen molar-refractivity contribution in [2.24, 2.45) is 0 Å². The van der Waals surface area contributed by atoms with Gasteiger partial charge in [-0.2, -0.15) is 0 Å². The second kappa shape index (κ2) is 16.2. The maximum Gasteiger partial charge on any atom is 0.0541 e. The summed E-state index contributed by atoms with van der Waals surface area (Å²) >= 11 is 1.87. The van der Waals surface area contributed by atoms with Crippen LogP contribution in [0.5, 0.6) is 0 Å². The van der Waals surface area contributed by atoms with E-state index < -0.39 is 0 Å². The number of nitrogens with zero attached hydrogens (tertiary/aromatic N) is 2. The number of para-hydroxylation sites is 2. The van der Waals surface area contributed by atoms with Crippen molar-refractivity contribution in [3.8, 4) is 50.2 Å². The van der Waals surface area contributed by atoms with E-state index >= 15 is 0 Å². The average molecular weight is 871 g/mol. The van der Waals surface area contributed by atoms with Gasteiger partial charge in [-0.05, 0) is 134 Å². The summed E-state index contributed by atoms with van der Waals surface area (Å²) in [4.78, 5) is 2.37. The molecule has 0 aliphatic heterocycles. The fourth-order valence-corrected chi connectivity index (χ4v) is 11.3. The Morgan fingerprint density at radius 1 is 0.299 bits per heavy atom. The van der Waals surface area contributed by atoms with Crippen molar-refractivity contribution in [3.05, 3.63) is 255 Å². The van der Waals surface area contributed by atoms with Gasteiger partial charge in [-0.25, -0.2) is 0 Å². The van der Waals surface area contributed by atoms with Crippen molar-refractivity contribution in [2.75, 3.05) is 4.90 Å². The van der Waals surface area contributed by atoms with E-state index in [-0.39, 0.29) is 0 Å². The Labute approximate surface area is 393 Å². The highest BCUT2D eigenvalue weighted by Gasteiger charge is 2.17. The molecule has 2 nitrogen and oxygen atoms in total. The van der Waals surface area contributed by atoms with Crippen molar-refractivity contribution < 1.29 is 0 Å². The second-order valence-electron chi connectivity index (χ2n) is 17.3. The lowest BCUT2D eigenvalue weighted by molar-refractivity contribution is 1.18. The molecule has 0 bridgehead atoms. The maximum absolute atomic E-state index is 2.39. The summed E-state index contributed by atoms with van der Waals surface area (Å²) in [6.07, 6.45) is 0. The van der Waals surface area contributed by atoms with Crippen molar-refractivity contribution in [3.63, 3.8) is 0 Å². The molecule has 0 amide bonds. The molecule has 0 saturated heterocycles. The molecule has 0 N–H and O–H groups in total. The van der Waals surface area contributed by atoms with Gasteiger partial charge in [-0.1, -0.05) is 176 Å². The number of fused-ring (bicyclic) bond motifs is 7. The third-order valence-electron chi connectivity index (χ3n) is 13.4. The fourth-order valence-electron chi connectivity index (χ4n) is 10.1. The molecular formula is C64H42N2S. The molecule has 2 heterocycles. The first-order valence-electron chi connectivity index (χ1n) is 22.9. The normalized spacial score (nSPS) is 11.6. The van der Waals surface area contributed by atoms with E-state index in [1.54, 1.807) is 0 Å². The zero-order valence-corrected chi connectivity index (χ0v) is 37.4. The Balaban J connectivity index is 0.869. The van der Waals surface area contributed by atoms with E-state index in [1.165, 1.54) is 97.3 Å². The Bertz CT molecular complexity index is 3920. The largest absolute Gasteiger partial charge is 0.311 e. The number of rotatable bonds is 8. The summed E-state index contributed by atoms with van der Waals surface area (Å²) in [7, 11) is 0. The molecule has 0 spiro atoms. The molecule has 2 aromatic heterocycles. The van der Waals surface area contributed by atoms with Gasteiger partial charge < -0.3 is 9.47 Å². The van der Waals surface area contributed by atoms with Gasteiger partial charge in [0.1, 0.15) is 0 Å². The molecule has 0 aliphatic rings. The molecule has 0 saturated carbocycles. The van der Waals surface area contributed by atoms with Crippen LogP contribution >= 0.6 is 11.3 Å². The highest BCUT2D eigenvalue weighted by atomic mass is 32.1. The number of hydrogen-bond donors (Lipinski definition) is 0. The molecule has 67 heavy (non-hydrogen) atoms. The van der Waals surface area contributed by atoms with Gasteiger partial charge in [0.25, 0.3) is 0 Å². The minimum absolute atomic E-state index is 1.09. The van der Waals surface area contributed by atoms with E-state index in [0.29, 0.717) is 0 Å². The molecule has 0 radical (unpaired) electrons. The molecular weight excluding hydrogens is 829 g/mol. The Kier molecular flexibility index (Phi) is 9.40. The smallest absolute Gasteiger partial charge is 0.0541 e. The van der Waals surface area contributed by atoms with Crippen LogP contribution in [0, 0.1) is 0 Å². The quantitative estimate of drug-likeness (QED) is 0.148. The van der Waals surface area contributed by atoms with E-state index in [2.05, 4.69) is 264 Å². The molecule has 0 atom stereocenters. The zero-order chi connectivity index (χ0) is 44.3. The van der Waals surface area contributed by atoms with Crippen LogP contribution in [0.25, 0.3) is 103 Å². The van der Waals surface area contributed by atoms with E-state index in [4.69, 9.17) is 0 Å². The molecule has 11 aromatic carbocycles. The van der Waals surface area contributed by atoms with Crippen LogP contribution in [0.15, 0.2) is 255 Å². The molecule has 0 unspecified atom stereocenters. The van der Waals surface area contributed by atoms with Gasteiger partial charge in [0, 0.05) is 53.7 Å². The lowest BCUT2D eigenvalue weighted by atomic mass is 9.97. The van der Waals surface area contributed by atoms with Gasteiger partial charge in [-0.3, -0.25) is 0 Å². The summed E-state index contributed by atoms with van der Waals surface area (Å²) < 4.78 is 5.03. The van der Waals surface area contributed by atoms with Gasteiger partial charge in [0.2, 0.25) is 0 Å². The van der Waals surface area contributed by atoms with Crippen molar-refractivity contribution in [1.29, 1.82) is 0 Å². The summed E-state index contributed by atoms with van der Waals surface area (Å²) in [5.74, 6) is 0. The molecule has 3 heteroatoms. The fraction of sp³-hybridized carbons (Fsp3) is 0. The van der Waals surface area contributed by atoms with Crippen LogP contribution in [0.1, 0.15) is 0 Å². The lowest BCUT2D eigenvalue weighted by Crippen LogP contribution is -2.09. The Morgan fingerprint density at radius 3 is 1.45 bits per heavy atom. The van der Waals surface area contributed by atoms with Crippen LogP contribution in [0.4, 0.5) is 17.1 Å². The Hall–Kier alpha value is -8.50. The third kappa shape index (κ3) is 6.88. The number of benzene rings is 11. The zero-order valence-electron chi connectivity index (χ0n) is 36.6. The van der Waals surface area contributed by atoms with Crippen LogP contribution in [0.3, 0.4) is 0 Å². The maximum atomic E-state index is 2.39. The number of thiophene rings is 1. The first-order valence-corrected chi connectivity index (χ1v) is 23.7. The molecule has 13 rings (SSSR count). The van der Waals surface area contributed by atoms with Crippen molar-refractivity contribution in [1.82, 2.24) is 4.57 Å². The second-order valence-corrected chi connectivity index (χ2v) is 18.4. The average Bonchev–Trinajstić information content (AvgIpc) is 3.96. The SMILES string of the molecule is c1cc(-c2ccc(N(c3ccc(-c4cccc(-n5c6ccccc6c6ccccc65)c4)cc3)c3ccc(-c4cccc5c4sc4ccccc45)cc3)cc2)cc(-c2ccc3ccccc3c2)c1. The minimum Gasteiger partial charge on any atom is -0.311 e. The van der Waals surface area contributed by atoms with Gasteiger partial charge in [0.15, 0.2) is 0 Å². The number of anilines is 3. The van der Waals surface area contributed by atoms with Gasteiger partial charge in [0.05, 0.1) is 11.0 Å². The van der Waals surface area contributed by atoms with Crippen LogP contribution < -0.4 is 4.90 Å². The van der Waals surface area contributed by atoms with E-state index in [0.717, 1.165) is 22.7 Å². The summed E-state index contributed by atoms with van der Waals surface area (Å²) in [6.45, 7) is 0. The van der Waals surface area contributed by atoms with Crippen molar-refractivity contribution in [2.45, 2.75) is 0 Å². The lowest BCUT2D eigenvalue weighted by Gasteiger charge is -2.26. The summed E-state index contributed by atoms with van der Waals surface area (Å²) in [5.41, 5.74) is 16.5. The number of hydrogen-bond acceptors (Lipinski definition) is 2. The van der Waals surface area contributed by atoms with Crippen LogP contribution in [0.2, 0.25) is 0 Å². The van der Waals surface area contributed by atoms with Crippen molar-refractivity contribution >= 4 is 81.1 Å². The summed E-state index contributed by atoms with van der Waals surface area (Å²) in [5, 5.41) is 7.66. The molecule has 314 valence electrons. The van der Waals surface area contributed by atoms with Crippen LogP contribution in [-0.2, 0) is 0 Å².